The summed E-state index contributed by atoms with van der Waals surface area (Å²) in [4.78, 5) is 11.9. The van der Waals surface area contributed by atoms with Gasteiger partial charge in [0.2, 0.25) is 5.91 Å². The molecule has 0 aliphatic carbocycles. The molecule has 0 aromatic heterocycles. The number of halogens is 2. The Labute approximate surface area is 108 Å². The van der Waals surface area contributed by atoms with Crippen LogP contribution in [0.25, 0.3) is 0 Å². The second kappa shape index (κ2) is 5.60. The fraction of sp³-hybridized carbons (Fsp3) is 0.417. The van der Waals surface area contributed by atoms with E-state index >= 15 is 0 Å². The van der Waals surface area contributed by atoms with Gasteiger partial charge in [-0.2, -0.15) is 0 Å². The summed E-state index contributed by atoms with van der Waals surface area (Å²) in [5, 5.41) is 5.81. The van der Waals surface area contributed by atoms with E-state index in [4.69, 9.17) is 0 Å². The van der Waals surface area contributed by atoms with Gasteiger partial charge >= 0.3 is 0 Å². The van der Waals surface area contributed by atoms with Crippen molar-refractivity contribution in [3.05, 3.63) is 28.5 Å². The molecule has 0 radical (unpaired) electrons. The quantitative estimate of drug-likeness (QED) is 0.881. The van der Waals surface area contributed by atoms with Gasteiger partial charge < -0.3 is 10.6 Å². The van der Waals surface area contributed by atoms with E-state index in [-0.39, 0.29) is 17.5 Å². The van der Waals surface area contributed by atoms with Crippen LogP contribution < -0.4 is 10.6 Å². The van der Waals surface area contributed by atoms with Gasteiger partial charge in [-0.25, -0.2) is 4.39 Å². The highest BCUT2D eigenvalue weighted by molar-refractivity contribution is 9.10. The van der Waals surface area contributed by atoms with Crippen LogP contribution in [0, 0.1) is 11.7 Å². The van der Waals surface area contributed by atoms with Crippen molar-refractivity contribution in [2.45, 2.75) is 12.8 Å². The Kier molecular flexibility index (Phi) is 4.12. The highest BCUT2D eigenvalue weighted by Crippen LogP contribution is 2.26. The number of amides is 1. The molecule has 1 aromatic carbocycles. The van der Waals surface area contributed by atoms with Crippen molar-refractivity contribution >= 4 is 27.5 Å². The van der Waals surface area contributed by atoms with Crippen LogP contribution in [-0.2, 0) is 4.79 Å². The predicted molar refractivity (Wildman–Crippen MR) is 68.3 cm³/mol. The van der Waals surface area contributed by atoms with Gasteiger partial charge in [0, 0.05) is 11.0 Å². The number of carbonyl (C=O) groups is 1. The van der Waals surface area contributed by atoms with Crippen LogP contribution in [0.3, 0.4) is 0 Å². The minimum atomic E-state index is -0.420. The first-order valence-electron chi connectivity index (χ1n) is 5.64. The van der Waals surface area contributed by atoms with Gasteiger partial charge in [0.15, 0.2) is 0 Å². The van der Waals surface area contributed by atoms with Gasteiger partial charge in [0.25, 0.3) is 0 Å². The molecule has 92 valence electrons. The number of nitrogens with one attached hydrogen (secondary N) is 2. The number of para-hydroxylation sites is 1. The lowest BCUT2D eigenvalue weighted by molar-refractivity contribution is -0.120. The zero-order chi connectivity index (χ0) is 12.3. The predicted octanol–water partition coefficient (Wildman–Crippen LogP) is 2.53. The van der Waals surface area contributed by atoms with Crippen molar-refractivity contribution in [2.75, 3.05) is 18.4 Å². The summed E-state index contributed by atoms with van der Waals surface area (Å²) < 4.78 is 14.1. The second-order valence-electron chi connectivity index (χ2n) is 4.13. The summed E-state index contributed by atoms with van der Waals surface area (Å²) in [7, 11) is 0. The average molecular weight is 301 g/mol. The zero-order valence-corrected chi connectivity index (χ0v) is 10.9. The molecule has 0 bridgehead atoms. The van der Waals surface area contributed by atoms with Crippen molar-refractivity contribution in [3.8, 4) is 0 Å². The maximum Gasteiger partial charge on any atom is 0.228 e. The Morgan fingerprint density at radius 2 is 2.35 bits per heavy atom. The third-order valence-corrected chi connectivity index (χ3v) is 3.54. The summed E-state index contributed by atoms with van der Waals surface area (Å²) in [6.45, 7) is 1.62. The van der Waals surface area contributed by atoms with Crippen molar-refractivity contribution in [1.82, 2.24) is 5.32 Å². The van der Waals surface area contributed by atoms with E-state index in [1.165, 1.54) is 6.07 Å². The summed E-state index contributed by atoms with van der Waals surface area (Å²) in [6.07, 6.45) is 1.83. The lowest BCUT2D eigenvalue weighted by Gasteiger charge is -2.22. The Hall–Kier alpha value is -0.940. The van der Waals surface area contributed by atoms with E-state index in [0.29, 0.717) is 11.0 Å². The van der Waals surface area contributed by atoms with Crippen LogP contribution in [0.4, 0.5) is 10.1 Å². The summed E-state index contributed by atoms with van der Waals surface area (Å²) >= 11 is 3.23. The molecule has 2 rings (SSSR count). The largest absolute Gasteiger partial charge is 0.322 e. The Morgan fingerprint density at radius 3 is 3.00 bits per heavy atom. The molecule has 1 fully saturated rings. The molecule has 1 aromatic rings. The fourth-order valence-electron chi connectivity index (χ4n) is 1.92. The normalized spacial score (nSPS) is 20.0. The monoisotopic (exact) mass is 300 g/mol. The van der Waals surface area contributed by atoms with E-state index in [1.54, 1.807) is 12.1 Å². The van der Waals surface area contributed by atoms with Crippen molar-refractivity contribution in [2.24, 2.45) is 5.92 Å². The molecule has 0 unspecified atom stereocenters. The molecular weight excluding hydrogens is 287 g/mol. The first kappa shape index (κ1) is 12.5. The van der Waals surface area contributed by atoms with E-state index < -0.39 is 5.82 Å². The molecule has 17 heavy (non-hydrogen) atoms. The molecule has 1 aliphatic heterocycles. The number of rotatable bonds is 2. The van der Waals surface area contributed by atoms with Gasteiger partial charge in [-0.05, 0) is 47.4 Å². The number of hydrogen-bond acceptors (Lipinski definition) is 2. The van der Waals surface area contributed by atoms with Gasteiger partial charge in [0.1, 0.15) is 5.82 Å². The molecule has 0 saturated carbocycles. The highest BCUT2D eigenvalue weighted by Gasteiger charge is 2.22. The number of piperidine rings is 1. The molecule has 5 heteroatoms. The molecule has 1 amide bonds. The van der Waals surface area contributed by atoms with Gasteiger partial charge in [-0.3, -0.25) is 4.79 Å². The summed E-state index contributed by atoms with van der Waals surface area (Å²) in [6, 6.07) is 4.63. The van der Waals surface area contributed by atoms with Crippen LogP contribution in [0.1, 0.15) is 12.8 Å². The van der Waals surface area contributed by atoms with Gasteiger partial charge in [-0.15, -0.1) is 0 Å². The molecular formula is C12H14BrFN2O. The molecule has 1 atom stereocenters. The lowest BCUT2D eigenvalue weighted by Crippen LogP contribution is -2.37. The third-order valence-electron chi connectivity index (χ3n) is 2.88. The van der Waals surface area contributed by atoms with Crippen LogP contribution in [0.15, 0.2) is 22.7 Å². The topological polar surface area (TPSA) is 41.1 Å². The molecule has 2 N–H and O–H groups in total. The van der Waals surface area contributed by atoms with Crippen molar-refractivity contribution in [1.29, 1.82) is 0 Å². The van der Waals surface area contributed by atoms with E-state index in [9.17, 15) is 9.18 Å². The zero-order valence-electron chi connectivity index (χ0n) is 9.30. The maximum atomic E-state index is 13.5. The van der Waals surface area contributed by atoms with Crippen LogP contribution in [-0.4, -0.2) is 19.0 Å². The number of anilines is 1. The second-order valence-corrected chi connectivity index (χ2v) is 4.98. The molecule has 1 aliphatic rings. The van der Waals surface area contributed by atoms with Gasteiger partial charge in [-0.1, -0.05) is 6.07 Å². The standard InChI is InChI=1S/C12H14BrFN2O/c13-9-4-1-5-10(14)11(9)16-12(17)8-3-2-6-15-7-8/h1,4-5,8,15H,2-3,6-7H2,(H,16,17)/t8-/m1/s1. The van der Waals surface area contributed by atoms with Crippen LogP contribution in [0.2, 0.25) is 0 Å². The molecule has 3 nitrogen and oxygen atoms in total. The molecule has 1 heterocycles. The Morgan fingerprint density at radius 1 is 1.53 bits per heavy atom. The van der Waals surface area contributed by atoms with Gasteiger partial charge in [0.05, 0.1) is 11.6 Å². The smallest absolute Gasteiger partial charge is 0.228 e. The summed E-state index contributed by atoms with van der Waals surface area (Å²) in [5.74, 6) is -0.616. The fourth-order valence-corrected chi connectivity index (χ4v) is 2.36. The first-order chi connectivity index (χ1) is 8.18. The SMILES string of the molecule is O=C(Nc1c(F)cccc1Br)[C@@H]1CCCNC1. The number of carbonyl (C=O) groups excluding carboxylic acids is 1. The first-order valence-corrected chi connectivity index (χ1v) is 6.43. The minimum absolute atomic E-state index is 0.0738. The van der Waals surface area contributed by atoms with E-state index in [1.807, 2.05) is 0 Å². The molecule has 1 saturated heterocycles. The van der Waals surface area contributed by atoms with Crippen LogP contribution in [0.5, 0.6) is 0 Å². The minimum Gasteiger partial charge on any atom is -0.322 e. The number of benzene rings is 1. The molecule has 0 spiro atoms. The van der Waals surface area contributed by atoms with E-state index in [2.05, 4.69) is 26.6 Å². The maximum absolute atomic E-state index is 13.5. The lowest BCUT2D eigenvalue weighted by atomic mass is 9.99. The third kappa shape index (κ3) is 3.04. The van der Waals surface area contributed by atoms with Crippen molar-refractivity contribution < 1.29 is 9.18 Å². The Balaban J connectivity index is 2.07. The highest BCUT2D eigenvalue weighted by atomic mass is 79.9. The average Bonchev–Trinajstić information content (AvgIpc) is 2.35. The van der Waals surface area contributed by atoms with Crippen LogP contribution >= 0.6 is 15.9 Å². The Bertz CT molecular complexity index is 399. The summed E-state index contributed by atoms with van der Waals surface area (Å²) in [5.41, 5.74) is 0.225. The van der Waals surface area contributed by atoms with Crippen molar-refractivity contribution in [3.63, 3.8) is 0 Å². The number of hydrogen-bond donors (Lipinski definition) is 2. The van der Waals surface area contributed by atoms with E-state index in [0.717, 1.165) is 19.4 Å².